The van der Waals surface area contributed by atoms with E-state index >= 15 is 0 Å². The van der Waals surface area contributed by atoms with Gasteiger partial charge in [-0.1, -0.05) is 0 Å². The molecule has 0 radical (unpaired) electrons. The van der Waals surface area contributed by atoms with Gasteiger partial charge in [-0.15, -0.1) is 0 Å². The molecule has 0 aliphatic carbocycles. The molecular formula is C6H9N3O2. The van der Waals surface area contributed by atoms with Crippen molar-refractivity contribution in [3.05, 3.63) is 28.1 Å². The van der Waals surface area contributed by atoms with E-state index in [4.69, 9.17) is 5.73 Å². The third kappa shape index (κ3) is 1.38. The Morgan fingerprint density at radius 3 is 2.73 bits per heavy atom. The molecule has 0 bridgehead atoms. The minimum absolute atomic E-state index is 0.0907. The molecule has 1 aromatic rings. The number of aromatic nitrogens is 1. The summed E-state index contributed by atoms with van der Waals surface area (Å²) in [5, 5.41) is 10.2. The summed E-state index contributed by atoms with van der Waals surface area (Å²) in [6.07, 6.45) is 1.45. The van der Waals surface area contributed by atoms with Crippen molar-refractivity contribution in [1.82, 2.24) is 4.57 Å². The van der Waals surface area contributed by atoms with Crippen molar-refractivity contribution in [3.63, 3.8) is 0 Å². The summed E-state index contributed by atoms with van der Waals surface area (Å²) in [5.41, 5.74) is 6.17. The molecule has 5 nitrogen and oxygen atoms in total. The molecule has 2 N–H and O–H groups in total. The van der Waals surface area contributed by atoms with Gasteiger partial charge in [0.1, 0.15) is 0 Å². The zero-order valence-corrected chi connectivity index (χ0v) is 6.15. The van der Waals surface area contributed by atoms with Crippen LogP contribution in [0.5, 0.6) is 0 Å². The van der Waals surface area contributed by atoms with E-state index in [0.717, 1.165) is 5.69 Å². The lowest BCUT2D eigenvalue weighted by molar-refractivity contribution is -0.384. The van der Waals surface area contributed by atoms with Crippen LogP contribution in [0.25, 0.3) is 0 Å². The van der Waals surface area contributed by atoms with Crippen LogP contribution in [0.3, 0.4) is 0 Å². The van der Waals surface area contributed by atoms with Crippen LogP contribution >= 0.6 is 0 Å². The highest BCUT2D eigenvalue weighted by Crippen LogP contribution is 2.13. The van der Waals surface area contributed by atoms with Crippen molar-refractivity contribution < 1.29 is 4.92 Å². The van der Waals surface area contributed by atoms with E-state index in [1.807, 2.05) is 0 Å². The second-order valence-corrected chi connectivity index (χ2v) is 2.26. The molecule has 1 heterocycles. The number of nitrogens with zero attached hydrogens (tertiary/aromatic N) is 2. The third-order valence-electron chi connectivity index (χ3n) is 1.51. The Labute approximate surface area is 63.6 Å². The first-order chi connectivity index (χ1) is 5.15. The molecule has 0 aromatic carbocycles. The van der Waals surface area contributed by atoms with Gasteiger partial charge in [-0.25, -0.2) is 0 Å². The minimum Gasteiger partial charge on any atom is -0.347 e. The second kappa shape index (κ2) is 2.71. The lowest BCUT2D eigenvalue weighted by Gasteiger charge is -1.94. The standard InChI is InChI=1S/C6H9N3O2/c1-8-4-6(9(10)11)2-5(8)3-7/h2,4H,3,7H2,1H3. The predicted octanol–water partition coefficient (Wildman–Crippen LogP) is 0.392. The van der Waals surface area contributed by atoms with Gasteiger partial charge in [0, 0.05) is 25.4 Å². The molecule has 0 aliphatic heterocycles. The van der Waals surface area contributed by atoms with E-state index < -0.39 is 4.92 Å². The van der Waals surface area contributed by atoms with Crippen LogP contribution in [-0.2, 0) is 13.6 Å². The van der Waals surface area contributed by atoms with Crippen molar-refractivity contribution in [2.24, 2.45) is 12.8 Å². The van der Waals surface area contributed by atoms with Crippen molar-refractivity contribution >= 4 is 5.69 Å². The first kappa shape index (κ1) is 7.74. The Morgan fingerprint density at radius 2 is 2.45 bits per heavy atom. The van der Waals surface area contributed by atoms with E-state index in [2.05, 4.69) is 0 Å². The second-order valence-electron chi connectivity index (χ2n) is 2.26. The molecule has 5 heteroatoms. The normalized spacial score (nSPS) is 10.0. The predicted molar refractivity (Wildman–Crippen MR) is 40.0 cm³/mol. The quantitative estimate of drug-likeness (QED) is 0.496. The fourth-order valence-electron chi connectivity index (χ4n) is 0.894. The maximum Gasteiger partial charge on any atom is 0.287 e. The Bertz CT molecular complexity index is 279. The summed E-state index contributed by atoms with van der Waals surface area (Å²) < 4.78 is 1.65. The van der Waals surface area contributed by atoms with Crippen molar-refractivity contribution in [3.8, 4) is 0 Å². The van der Waals surface area contributed by atoms with Crippen LogP contribution in [0.15, 0.2) is 12.3 Å². The zero-order valence-electron chi connectivity index (χ0n) is 6.15. The molecular weight excluding hydrogens is 146 g/mol. The highest BCUT2D eigenvalue weighted by atomic mass is 16.6. The van der Waals surface area contributed by atoms with E-state index in [9.17, 15) is 10.1 Å². The molecule has 0 saturated heterocycles. The van der Waals surface area contributed by atoms with Gasteiger partial charge < -0.3 is 10.3 Å². The smallest absolute Gasteiger partial charge is 0.287 e. The topological polar surface area (TPSA) is 74.1 Å². The van der Waals surface area contributed by atoms with Crippen LogP contribution in [0.4, 0.5) is 5.69 Å². The molecule has 0 unspecified atom stereocenters. The monoisotopic (exact) mass is 155 g/mol. The van der Waals surface area contributed by atoms with E-state index in [1.54, 1.807) is 11.6 Å². The zero-order chi connectivity index (χ0) is 8.43. The SMILES string of the molecule is Cn1cc([N+](=O)[O-])cc1CN. The van der Waals surface area contributed by atoms with Crippen LogP contribution in [-0.4, -0.2) is 9.49 Å². The van der Waals surface area contributed by atoms with Gasteiger partial charge in [-0.2, -0.15) is 0 Å². The molecule has 0 amide bonds. The molecule has 0 spiro atoms. The first-order valence-electron chi connectivity index (χ1n) is 3.15. The van der Waals surface area contributed by atoms with Gasteiger partial charge in [0.25, 0.3) is 5.69 Å². The Kier molecular flexibility index (Phi) is 1.91. The Hall–Kier alpha value is -1.36. The summed E-state index contributed by atoms with van der Waals surface area (Å²) in [6.45, 7) is 0.324. The van der Waals surface area contributed by atoms with Gasteiger partial charge >= 0.3 is 0 Å². The fraction of sp³-hybridized carbons (Fsp3) is 0.333. The number of nitrogens with two attached hydrogens (primary N) is 1. The summed E-state index contributed by atoms with van der Waals surface area (Å²) in [7, 11) is 1.73. The van der Waals surface area contributed by atoms with Crippen molar-refractivity contribution in [1.29, 1.82) is 0 Å². The highest BCUT2D eigenvalue weighted by Gasteiger charge is 2.09. The van der Waals surface area contributed by atoms with Gasteiger partial charge in [-0.05, 0) is 0 Å². The summed E-state index contributed by atoms with van der Waals surface area (Å²) in [5.74, 6) is 0. The maximum absolute atomic E-state index is 10.2. The average molecular weight is 155 g/mol. The molecule has 0 aliphatic rings. The summed E-state index contributed by atoms with van der Waals surface area (Å²) in [6, 6.07) is 1.47. The lowest BCUT2D eigenvalue weighted by atomic mass is 10.4. The maximum atomic E-state index is 10.2. The van der Waals surface area contributed by atoms with Gasteiger partial charge in [-0.3, -0.25) is 10.1 Å². The Morgan fingerprint density at radius 1 is 1.82 bits per heavy atom. The number of hydrogen-bond donors (Lipinski definition) is 1. The summed E-state index contributed by atoms with van der Waals surface area (Å²) >= 11 is 0. The van der Waals surface area contributed by atoms with E-state index in [1.165, 1.54) is 12.3 Å². The first-order valence-corrected chi connectivity index (χ1v) is 3.15. The molecule has 11 heavy (non-hydrogen) atoms. The average Bonchev–Trinajstić information content (AvgIpc) is 2.31. The van der Waals surface area contributed by atoms with Crippen molar-refractivity contribution in [2.75, 3.05) is 0 Å². The Balaban J connectivity index is 3.05. The van der Waals surface area contributed by atoms with E-state index in [-0.39, 0.29) is 5.69 Å². The highest BCUT2D eigenvalue weighted by molar-refractivity contribution is 5.31. The number of aryl methyl sites for hydroxylation is 1. The molecule has 0 fully saturated rings. The van der Waals surface area contributed by atoms with Crippen LogP contribution in [0, 0.1) is 10.1 Å². The number of rotatable bonds is 2. The summed E-state index contributed by atoms with van der Waals surface area (Å²) in [4.78, 5) is 9.80. The van der Waals surface area contributed by atoms with Gasteiger partial charge in [0.05, 0.1) is 11.1 Å². The molecule has 1 rings (SSSR count). The molecule has 60 valence electrons. The van der Waals surface area contributed by atoms with Crippen LogP contribution in [0.2, 0.25) is 0 Å². The lowest BCUT2D eigenvalue weighted by Crippen LogP contribution is -2.01. The van der Waals surface area contributed by atoms with E-state index in [0.29, 0.717) is 6.54 Å². The van der Waals surface area contributed by atoms with Crippen LogP contribution < -0.4 is 5.73 Å². The number of nitro groups is 1. The number of hydrogen-bond acceptors (Lipinski definition) is 3. The largest absolute Gasteiger partial charge is 0.347 e. The fourth-order valence-corrected chi connectivity index (χ4v) is 0.894. The molecule has 0 saturated carbocycles. The van der Waals surface area contributed by atoms with Crippen molar-refractivity contribution in [2.45, 2.75) is 6.54 Å². The third-order valence-corrected chi connectivity index (χ3v) is 1.51. The molecule has 1 aromatic heterocycles. The van der Waals surface area contributed by atoms with Crippen LogP contribution in [0.1, 0.15) is 5.69 Å². The van der Waals surface area contributed by atoms with Gasteiger partial charge in [0.2, 0.25) is 0 Å². The molecule has 0 atom stereocenters. The minimum atomic E-state index is -0.431. The van der Waals surface area contributed by atoms with Gasteiger partial charge in [0.15, 0.2) is 0 Å².